The van der Waals surface area contributed by atoms with Gasteiger partial charge in [-0.25, -0.2) is 8.78 Å². The van der Waals surface area contributed by atoms with Gasteiger partial charge in [-0.05, 0) is 24.1 Å². The Hall–Kier alpha value is -1.46. The van der Waals surface area contributed by atoms with Crippen LogP contribution in [0.5, 0.6) is 5.75 Å². The molecule has 2 aromatic carbocycles. The van der Waals surface area contributed by atoms with Crippen molar-refractivity contribution in [2.24, 2.45) is 0 Å². The van der Waals surface area contributed by atoms with E-state index in [1.54, 1.807) is 18.2 Å². The SMILES string of the molecule is COc1cc(F)c(C(O)c2ccc(C)cc2Br)c(F)c1. The number of aliphatic hydroxyl groups is 1. The number of hydrogen-bond donors (Lipinski definition) is 1. The van der Waals surface area contributed by atoms with Crippen molar-refractivity contribution in [3.8, 4) is 5.75 Å². The quantitative estimate of drug-likeness (QED) is 0.908. The maximum Gasteiger partial charge on any atom is 0.135 e. The molecule has 1 N–H and O–H groups in total. The first-order valence-electron chi connectivity index (χ1n) is 5.91. The summed E-state index contributed by atoms with van der Waals surface area (Å²) in [5, 5.41) is 10.2. The van der Waals surface area contributed by atoms with Crippen molar-refractivity contribution in [3.05, 3.63) is 63.1 Å². The molecule has 1 unspecified atom stereocenters. The lowest BCUT2D eigenvalue weighted by Crippen LogP contribution is -2.07. The Bertz CT molecular complexity index is 621. The lowest BCUT2D eigenvalue weighted by molar-refractivity contribution is 0.208. The third-order valence-electron chi connectivity index (χ3n) is 3.01. The minimum atomic E-state index is -1.39. The fraction of sp³-hybridized carbons (Fsp3) is 0.200. The minimum absolute atomic E-state index is 0.0684. The van der Waals surface area contributed by atoms with E-state index in [1.807, 2.05) is 6.92 Å². The van der Waals surface area contributed by atoms with Crippen LogP contribution in [-0.4, -0.2) is 12.2 Å². The van der Waals surface area contributed by atoms with Crippen LogP contribution in [0.4, 0.5) is 8.78 Å². The Morgan fingerprint density at radius 1 is 1.15 bits per heavy atom. The second-order valence-electron chi connectivity index (χ2n) is 4.43. The number of hydrogen-bond acceptors (Lipinski definition) is 2. The van der Waals surface area contributed by atoms with Crippen LogP contribution in [0.1, 0.15) is 22.8 Å². The largest absolute Gasteiger partial charge is 0.497 e. The Balaban J connectivity index is 2.50. The summed E-state index contributed by atoms with van der Waals surface area (Å²) in [7, 11) is 1.32. The number of ether oxygens (including phenoxy) is 1. The van der Waals surface area contributed by atoms with Crippen molar-refractivity contribution >= 4 is 15.9 Å². The highest BCUT2D eigenvalue weighted by molar-refractivity contribution is 9.10. The van der Waals surface area contributed by atoms with Crippen molar-refractivity contribution in [3.63, 3.8) is 0 Å². The van der Waals surface area contributed by atoms with Gasteiger partial charge < -0.3 is 9.84 Å². The van der Waals surface area contributed by atoms with Crippen molar-refractivity contribution in [2.45, 2.75) is 13.0 Å². The summed E-state index contributed by atoms with van der Waals surface area (Å²) in [5.41, 5.74) is 0.984. The minimum Gasteiger partial charge on any atom is -0.497 e. The molecule has 106 valence electrons. The smallest absolute Gasteiger partial charge is 0.135 e. The van der Waals surface area contributed by atoms with Gasteiger partial charge in [0.2, 0.25) is 0 Å². The average Bonchev–Trinajstić information content (AvgIpc) is 2.37. The van der Waals surface area contributed by atoms with Gasteiger partial charge in [0.15, 0.2) is 0 Å². The zero-order chi connectivity index (χ0) is 14.9. The number of halogens is 3. The van der Waals surface area contributed by atoms with Gasteiger partial charge >= 0.3 is 0 Å². The third kappa shape index (κ3) is 2.83. The van der Waals surface area contributed by atoms with E-state index in [2.05, 4.69) is 15.9 Å². The number of aryl methyl sites for hydroxylation is 1. The zero-order valence-electron chi connectivity index (χ0n) is 11.0. The molecule has 2 nitrogen and oxygen atoms in total. The van der Waals surface area contributed by atoms with Crippen LogP contribution in [0, 0.1) is 18.6 Å². The number of rotatable bonds is 3. The molecule has 0 spiro atoms. The van der Waals surface area contributed by atoms with E-state index in [-0.39, 0.29) is 5.75 Å². The van der Waals surface area contributed by atoms with Crippen LogP contribution < -0.4 is 4.74 Å². The zero-order valence-corrected chi connectivity index (χ0v) is 12.5. The van der Waals surface area contributed by atoms with E-state index < -0.39 is 23.3 Å². The van der Waals surface area contributed by atoms with Crippen LogP contribution >= 0.6 is 15.9 Å². The molecule has 0 aromatic heterocycles. The summed E-state index contributed by atoms with van der Waals surface area (Å²) in [6.07, 6.45) is -1.39. The molecule has 0 aliphatic heterocycles. The van der Waals surface area contributed by atoms with Gasteiger partial charge in [0.05, 0.1) is 12.7 Å². The van der Waals surface area contributed by atoms with Gasteiger partial charge in [0, 0.05) is 16.6 Å². The van der Waals surface area contributed by atoms with Crippen molar-refractivity contribution < 1.29 is 18.6 Å². The van der Waals surface area contributed by atoms with E-state index in [1.165, 1.54) is 7.11 Å². The molecule has 0 aliphatic carbocycles. The van der Waals surface area contributed by atoms with E-state index in [9.17, 15) is 13.9 Å². The van der Waals surface area contributed by atoms with E-state index in [0.717, 1.165) is 17.7 Å². The molecule has 1 atom stereocenters. The summed E-state index contributed by atoms with van der Waals surface area (Å²) in [6.45, 7) is 1.88. The lowest BCUT2D eigenvalue weighted by Gasteiger charge is -2.16. The Morgan fingerprint density at radius 2 is 1.75 bits per heavy atom. The Morgan fingerprint density at radius 3 is 2.25 bits per heavy atom. The van der Waals surface area contributed by atoms with Gasteiger partial charge in [-0.15, -0.1) is 0 Å². The van der Waals surface area contributed by atoms with E-state index >= 15 is 0 Å². The standard InChI is InChI=1S/C15H13BrF2O2/c1-8-3-4-10(11(16)5-8)15(19)14-12(17)6-9(20-2)7-13(14)18/h3-7,15,19H,1-2H3. The molecule has 20 heavy (non-hydrogen) atoms. The van der Waals surface area contributed by atoms with Gasteiger partial charge in [-0.3, -0.25) is 0 Å². The average molecular weight is 343 g/mol. The molecular weight excluding hydrogens is 330 g/mol. The van der Waals surface area contributed by atoms with Crippen molar-refractivity contribution in [2.75, 3.05) is 7.11 Å². The summed E-state index contributed by atoms with van der Waals surface area (Å²) in [4.78, 5) is 0. The van der Waals surface area contributed by atoms with Crippen molar-refractivity contribution in [1.29, 1.82) is 0 Å². The predicted octanol–water partition coefficient (Wildman–Crippen LogP) is 4.13. The molecule has 0 fully saturated rings. The highest BCUT2D eigenvalue weighted by atomic mass is 79.9. The molecule has 2 aromatic rings. The van der Waals surface area contributed by atoms with Crippen LogP contribution in [0.15, 0.2) is 34.8 Å². The molecule has 0 saturated heterocycles. The van der Waals surface area contributed by atoms with E-state index in [4.69, 9.17) is 4.74 Å². The maximum atomic E-state index is 13.9. The van der Waals surface area contributed by atoms with E-state index in [0.29, 0.717) is 10.0 Å². The third-order valence-corrected chi connectivity index (χ3v) is 3.70. The van der Waals surface area contributed by atoms with Crippen LogP contribution in [0.25, 0.3) is 0 Å². The maximum absolute atomic E-state index is 13.9. The number of aliphatic hydroxyl groups excluding tert-OH is 1. The van der Waals surface area contributed by atoms with Crippen molar-refractivity contribution in [1.82, 2.24) is 0 Å². The predicted molar refractivity (Wildman–Crippen MR) is 75.9 cm³/mol. The highest BCUT2D eigenvalue weighted by Gasteiger charge is 2.22. The van der Waals surface area contributed by atoms with Crippen LogP contribution in [-0.2, 0) is 0 Å². The second-order valence-corrected chi connectivity index (χ2v) is 5.29. The summed E-state index contributed by atoms with van der Waals surface area (Å²) in [5.74, 6) is -1.62. The highest BCUT2D eigenvalue weighted by Crippen LogP contribution is 2.33. The molecule has 0 radical (unpaired) electrons. The fourth-order valence-electron chi connectivity index (χ4n) is 1.95. The number of benzene rings is 2. The molecule has 0 bridgehead atoms. The van der Waals surface area contributed by atoms with Crippen LogP contribution in [0.3, 0.4) is 0 Å². The molecule has 0 heterocycles. The van der Waals surface area contributed by atoms with Gasteiger partial charge in [-0.1, -0.05) is 28.1 Å². The first-order chi connectivity index (χ1) is 9.43. The number of methoxy groups -OCH3 is 1. The lowest BCUT2D eigenvalue weighted by atomic mass is 9.99. The fourth-order valence-corrected chi connectivity index (χ4v) is 2.66. The summed E-state index contributed by atoms with van der Waals surface area (Å²) >= 11 is 3.29. The summed E-state index contributed by atoms with van der Waals surface area (Å²) < 4.78 is 33.3. The normalized spacial score (nSPS) is 12.3. The Labute approximate surface area is 124 Å². The van der Waals surface area contributed by atoms with Crippen LogP contribution in [0.2, 0.25) is 0 Å². The molecule has 0 aliphatic rings. The first-order valence-corrected chi connectivity index (χ1v) is 6.70. The molecule has 0 amide bonds. The molecule has 0 saturated carbocycles. The monoisotopic (exact) mass is 342 g/mol. The molecule has 5 heteroatoms. The first kappa shape index (κ1) is 14.9. The second kappa shape index (κ2) is 5.89. The van der Waals surface area contributed by atoms with Gasteiger partial charge in [0.25, 0.3) is 0 Å². The van der Waals surface area contributed by atoms with Gasteiger partial charge in [-0.2, -0.15) is 0 Å². The topological polar surface area (TPSA) is 29.5 Å². The molecular formula is C15H13BrF2O2. The molecule has 2 rings (SSSR count). The van der Waals surface area contributed by atoms with Gasteiger partial charge in [0.1, 0.15) is 23.5 Å². The summed E-state index contributed by atoms with van der Waals surface area (Å²) in [6, 6.07) is 7.27. The Kier molecular flexibility index (Phi) is 4.40.